The van der Waals surface area contributed by atoms with Crippen molar-refractivity contribution in [2.45, 2.75) is 31.7 Å². The highest BCUT2D eigenvalue weighted by Crippen LogP contribution is 2.18. The number of hydrogen-bond acceptors (Lipinski definition) is 3. The summed E-state index contributed by atoms with van der Waals surface area (Å²) < 4.78 is 31.4. The van der Waals surface area contributed by atoms with Crippen LogP contribution < -0.4 is 10.1 Å². The van der Waals surface area contributed by atoms with E-state index in [0.29, 0.717) is 18.9 Å². The van der Waals surface area contributed by atoms with Crippen molar-refractivity contribution in [2.75, 3.05) is 26.7 Å². The molecule has 0 saturated carbocycles. The van der Waals surface area contributed by atoms with E-state index in [1.165, 1.54) is 6.07 Å². The number of carbonyl (C=O) groups is 1. The number of piperidine rings is 1. The van der Waals surface area contributed by atoms with Crippen LogP contribution in [0.2, 0.25) is 0 Å². The van der Waals surface area contributed by atoms with Crippen LogP contribution in [-0.4, -0.2) is 43.6 Å². The van der Waals surface area contributed by atoms with Gasteiger partial charge in [-0.3, -0.25) is 4.79 Å². The van der Waals surface area contributed by atoms with Crippen LogP contribution in [0, 0.1) is 11.6 Å². The molecule has 1 unspecified atom stereocenters. The summed E-state index contributed by atoms with van der Waals surface area (Å²) in [4.78, 5) is 14.0. The summed E-state index contributed by atoms with van der Waals surface area (Å²) in [5, 5.41) is 3.20. The number of nitrogens with zero attached hydrogens (tertiary/aromatic N) is 1. The highest BCUT2D eigenvalue weighted by molar-refractivity contribution is 5.85. The molecule has 0 radical (unpaired) electrons. The van der Waals surface area contributed by atoms with Crippen molar-refractivity contribution in [2.24, 2.45) is 0 Å². The number of amides is 1. The van der Waals surface area contributed by atoms with Gasteiger partial charge >= 0.3 is 0 Å². The van der Waals surface area contributed by atoms with Gasteiger partial charge < -0.3 is 15.0 Å². The Morgan fingerprint density at radius 3 is 2.91 bits per heavy atom. The molecule has 1 aromatic rings. The molecule has 1 amide bonds. The summed E-state index contributed by atoms with van der Waals surface area (Å²) in [5.41, 5.74) is 0. The van der Waals surface area contributed by atoms with Crippen molar-refractivity contribution in [3.8, 4) is 5.75 Å². The van der Waals surface area contributed by atoms with Gasteiger partial charge in [0.05, 0.1) is 6.61 Å². The molecule has 130 valence electrons. The highest BCUT2D eigenvalue weighted by Gasteiger charge is 2.21. The van der Waals surface area contributed by atoms with Crippen molar-refractivity contribution in [1.82, 2.24) is 10.2 Å². The Bertz CT molecular complexity index is 517. The second-order valence-electron chi connectivity index (χ2n) is 5.49. The van der Waals surface area contributed by atoms with E-state index in [2.05, 4.69) is 5.32 Å². The summed E-state index contributed by atoms with van der Waals surface area (Å²) >= 11 is 0. The molecule has 1 aliphatic rings. The minimum absolute atomic E-state index is 0. The average molecular weight is 349 g/mol. The lowest BCUT2D eigenvalue weighted by Gasteiger charge is -2.32. The van der Waals surface area contributed by atoms with Gasteiger partial charge in [-0.1, -0.05) is 0 Å². The molecule has 1 fully saturated rings. The predicted molar refractivity (Wildman–Crippen MR) is 87.0 cm³/mol. The van der Waals surface area contributed by atoms with E-state index in [1.807, 2.05) is 11.9 Å². The second kappa shape index (κ2) is 9.67. The molecule has 23 heavy (non-hydrogen) atoms. The molecule has 1 aliphatic heterocycles. The Balaban J connectivity index is 0.00000264. The van der Waals surface area contributed by atoms with Crippen LogP contribution in [0.25, 0.3) is 0 Å². The van der Waals surface area contributed by atoms with E-state index in [-0.39, 0.29) is 30.7 Å². The molecule has 1 N–H and O–H groups in total. The van der Waals surface area contributed by atoms with E-state index >= 15 is 0 Å². The standard InChI is InChI=1S/C16H22F2N2O2.ClH/c1-19-13-4-2-8-20(11-13)16(21)5-3-9-22-15-7-6-12(17)10-14(15)18;/h6-7,10,13,19H,2-5,8-9,11H2,1H3;1H. The zero-order valence-corrected chi connectivity index (χ0v) is 14.0. The molecule has 1 saturated heterocycles. The van der Waals surface area contributed by atoms with Crippen molar-refractivity contribution >= 4 is 18.3 Å². The predicted octanol–water partition coefficient (Wildman–Crippen LogP) is 2.76. The molecule has 7 heteroatoms. The number of carbonyl (C=O) groups excluding carboxylic acids is 1. The maximum atomic E-state index is 13.4. The second-order valence-corrected chi connectivity index (χ2v) is 5.49. The quantitative estimate of drug-likeness (QED) is 0.804. The van der Waals surface area contributed by atoms with Gasteiger partial charge in [-0.05, 0) is 38.4 Å². The molecule has 0 aliphatic carbocycles. The Labute approximate surface area is 141 Å². The molecule has 0 aromatic heterocycles. The van der Waals surface area contributed by atoms with Gasteiger partial charge in [0.2, 0.25) is 5.91 Å². The molecular formula is C16H23ClF2N2O2. The molecule has 4 nitrogen and oxygen atoms in total. The van der Waals surface area contributed by atoms with Gasteiger partial charge in [-0.15, -0.1) is 12.4 Å². The lowest BCUT2D eigenvalue weighted by molar-refractivity contribution is -0.132. The molecular weight excluding hydrogens is 326 g/mol. The van der Waals surface area contributed by atoms with Crippen molar-refractivity contribution < 1.29 is 18.3 Å². The third kappa shape index (κ3) is 5.95. The van der Waals surface area contributed by atoms with Gasteiger partial charge in [0, 0.05) is 31.6 Å². The molecule has 1 heterocycles. The number of rotatable bonds is 6. The third-order valence-corrected chi connectivity index (χ3v) is 3.87. The third-order valence-electron chi connectivity index (χ3n) is 3.87. The van der Waals surface area contributed by atoms with E-state index in [1.54, 1.807) is 0 Å². The van der Waals surface area contributed by atoms with Crippen LogP contribution in [-0.2, 0) is 4.79 Å². The molecule has 0 bridgehead atoms. The monoisotopic (exact) mass is 348 g/mol. The summed E-state index contributed by atoms with van der Waals surface area (Å²) in [5.74, 6) is -1.24. The fraction of sp³-hybridized carbons (Fsp3) is 0.562. The maximum absolute atomic E-state index is 13.4. The van der Waals surface area contributed by atoms with Crippen LogP contribution in [0.1, 0.15) is 25.7 Å². The Morgan fingerprint density at radius 2 is 2.22 bits per heavy atom. The van der Waals surface area contributed by atoms with Crippen LogP contribution in [0.4, 0.5) is 8.78 Å². The topological polar surface area (TPSA) is 41.6 Å². The van der Waals surface area contributed by atoms with Gasteiger partial charge in [-0.2, -0.15) is 0 Å². The minimum Gasteiger partial charge on any atom is -0.491 e. The summed E-state index contributed by atoms with van der Waals surface area (Å²) in [6, 6.07) is 3.55. The first kappa shape index (κ1) is 19.6. The fourth-order valence-corrected chi connectivity index (χ4v) is 2.60. The zero-order valence-electron chi connectivity index (χ0n) is 13.2. The zero-order chi connectivity index (χ0) is 15.9. The number of likely N-dealkylation sites (tertiary alicyclic amines) is 1. The van der Waals surface area contributed by atoms with Gasteiger partial charge in [-0.25, -0.2) is 8.78 Å². The lowest BCUT2D eigenvalue weighted by atomic mass is 10.1. The van der Waals surface area contributed by atoms with Gasteiger partial charge in [0.25, 0.3) is 0 Å². The first-order valence-corrected chi connectivity index (χ1v) is 7.63. The van der Waals surface area contributed by atoms with E-state index in [9.17, 15) is 13.6 Å². The number of hydrogen-bond donors (Lipinski definition) is 1. The van der Waals surface area contributed by atoms with Crippen molar-refractivity contribution in [3.63, 3.8) is 0 Å². The number of benzene rings is 1. The number of nitrogens with one attached hydrogen (secondary N) is 1. The normalized spacial score (nSPS) is 17.5. The van der Waals surface area contributed by atoms with Gasteiger partial charge in [0.15, 0.2) is 11.6 Å². The number of likely N-dealkylation sites (N-methyl/N-ethyl adjacent to an activating group) is 1. The first-order valence-electron chi connectivity index (χ1n) is 7.63. The molecule has 0 spiro atoms. The van der Waals surface area contributed by atoms with Crippen molar-refractivity contribution in [1.29, 1.82) is 0 Å². The SMILES string of the molecule is CNC1CCCN(C(=O)CCCOc2ccc(F)cc2F)C1.Cl. The average Bonchev–Trinajstić information content (AvgIpc) is 2.53. The van der Waals surface area contributed by atoms with E-state index in [0.717, 1.165) is 38.1 Å². The number of ether oxygens (including phenoxy) is 1. The van der Waals surface area contributed by atoms with Crippen LogP contribution in [0.15, 0.2) is 18.2 Å². The van der Waals surface area contributed by atoms with Crippen molar-refractivity contribution in [3.05, 3.63) is 29.8 Å². The van der Waals surface area contributed by atoms with Crippen LogP contribution in [0.3, 0.4) is 0 Å². The van der Waals surface area contributed by atoms with Crippen LogP contribution >= 0.6 is 12.4 Å². The Morgan fingerprint density at radius 1 is 1.43 bits per heavy atom. The van der Waals surface area contributed by atoms with E-state index in [4.69, 9.17) is 4.74 Å². The summed E-state index contributed by atoms with van der Waals surface area (Å²) in [6.07, 6.45) is 2.98. The Kier molecular flexibility index (Phi) is 8.26. The Hall–Kier alpha value is -1.40. The minimum atomic E-state index is -0.723. The molecule has 1 aromatic carbocycles. The maximum Gasteiger partial charge on any atom is 0.222 e. The molecule has 1 atom stereocenters. The number of halogens is 3. The highest BCUT2D eigenvalue weighted by atomic mass is 35.5. The summed E-state index contributed by atoms with van der Waals surface area (Å²) in [6.45, 7) is 1.77. The van der Waals surface area contributed by atoms with Gasteiger partial charge in [0.1, 0.15) is 5.82 Å². The van der Waals surface area contributed by atoms with E-state index < -0.39 is 11.6 Å². The van der Waals surface area contributed by atoms with Crippen LogP contribution in [0.5, 0.6) is 5.75 Å². The molecule has 2 rings (SSSR count). The lowest BCUT2D eigenvalue weighted by Crippen LogP contribution is -2.46. The smallest absolute Gasteiger partial charge is 0.222 e. The fourth-order valence-electron chi connectivity index (χ4n) is 2.60. The first-order chi connectivity index (χ1) is 10.6. The largest absolute Gasteiger partial charge is 0.491 e. The summed E-state index contributed by atoms with van der Waals surface area (Å²) in [7, 11) is 1.91.